The zero-order valence-electron chi connectivity index (χ0n) is 32.0. The summed E-state index contributed by atoms with van der Waals surface area (Å²) in [6.07, 6.45) is 5.13. The van der Waals surface area contributed by atoms with Gasteiger partial charge >= 0.3 is 5.97 Å². The average Bonchev–Trinajstić information content (AvgIpc) is 3.06. The second-order valence-electron chi connectivity index (χ2n) is 17.5. The quantitative estimate of drug-likeness (QED) is 0.208. The molecule has 0 unspecified atom stereocenters. The molecule has 50 heavy (non-hydrogen) atoms. The van der Waals surface area contributed by atoms with Crippen LogP contribution in [0.5, 0.6) is 0 Å². The van der Waals surface area contributed by atoms with E-state index >= 15 is 0 Å². The van der Waals surface area contributed by atoms with E-state index in [1.165, 1.54) is 75.9 Å². The van der Waals surface area contributed by atoms with E-state index in [-0.39, 0.29) is 33.0 Å². The molecule has 0 radical (unpaired) electrons. The molecule has 3 heteroatoms. The fourth-order valence-electron chi connectivity index (χ4n) is 7.79. The van der Waals surface area contributed by atoms with Crippen molar-refractivity contribution >= 4 is 17.3 Å². The summed E-state index contributed by atoms with van der Waals surface area (Å²) in [7, 11) is 0. The van der Waals surface area contributed by atoms with E-state index in [1.807, 2.05) is 0 Å². The Labute approximate surface area is 300 Å². The molecule has 0 bridgehead atoms. The van der Waals surface area contributed by atoms with Crippen molar-refractivity contribution in [1.82, 2.24) is 0 Å². The molecule has 0 heterocycles. The number of carbonyl (C=O) groups excluding carboxylic acids is 1. The van der Waals surface area contributed by atoms with Crippen molar-refractivity contribution in [1.29, 1.82) is 0 Å². The molecule has 6 rings (SSSR count). The molecule has 3 nitrogen and oxygen atoms in total. The van der Waals surface area contributed by atoms with Gasteiger partial charge in [0.2, 0.25) is 0 Å². The summed E-state index contributed by atoms with van der Waals surface area (Å²) in [5.41, 5.74) is 14.6. The molecule has 2 aliphatic carbocycles. The average molecular weight is 669 g/mol. The van der Waals surface area contributed by atoms with Crippen molar-refractivity contribution in [3.05, 3.63) is 147 Å². The summed E-state index contributed by atoms with van der Waals surface area (Å²) in [6.45, 7) is 27.4. The van der Waals surface area contributed by atoms with Crippen LogP contribution in [0.15, 0.2) is 85.4 Å². The minimum atomic E-state index is -0.983. The van der Waals surface area contributed by atoms with Crippen molar-refractivity contribution < 1.29 is 14.7 Å². The van der Waals surface area contributed by atoms with Gasteiger partial charge in [-0.1, -0.05) is 134 Å². The van der Waals surface area contributed by atoms with Gasteiger partial charge in [-0.2, -0.15) is 0 Å². The number of aryl methyl sites for hydroxylation is 2. The Kier molecular flexibility index (Phi) is 9.98. The van der Waals surface area contributed by atoms with Crippen molar-refractivity contribution in [3.8, 4) is 0 Å². The van der Waals surface area contributed by atoms with Gasteiger partial charge in [0.05, 0.1) is 5.56 Å². The Balaban J connectivity index is 0.000000195. The molecule has 0 atom stereocenters. The van der Waals surface area contributed by atoms with E-state index in [2.05, 4.69) is 130 Å². The van der Waals surface area contributed by atoms with Crippen LogP contribution < -0.4 is 0 Å². The minimum absolute atomic E-state index is 0.00904. The van der Waals surface area contributed by atoms with Crippen LogP contribution in [0.3, 0.4) is 0 Å². The van der Waals surface area contributed by atoms with Crippen LogP contribution in [0.4, 0.5) is 0 Å². The Morgan fingerprint density at radius 2 is 1.02 bits per heavy atom. The van der Waals surface area contributed by atoms with Crippen LogP contribution in [0.25, 0.3) is 5.57 Å². The Morgan fingerprint density at radius 3 is 1.54 bits per heavy atom. The number of fused-ring (bicyclic) bond motifs is 2. The lowest BCUT2D eigenvalue weighted by Gasteiger charge is -2.42. The molecule has 0 saturated carbocycles. The number of aromatic carboxylic acids is 1. The van der Waals surface area contributed by atoms with Crippen LogP contribution in [-0.4, -0.2) is 16.9 Å². The SMILES string of the molecule is C=C(c1ccc(C)cc1)c1cc2c(cc1C)C(C)(C)CCC2(C)C.CC1(C)CCC(C)(C)c2cc(CC(=O)c3ccc(C(=O)O)cc3)ccc21. The van der Waals surface area contributed by atoms with Crippen molar-refractivity contribution in [2.24, 2.45) is 0 Å². The first kappa shape index (κ1) is 37.0. The number of rotatable bonds is 6. The summed E-state index contributed by atoms with van der Waals surface area (Å²) in [6, 6.07) is 26.1. The zero-order chi connectivity index (χ0) is 36.8. The van der Waals surface area contributed by atoms with Crippen LogP contribution >= 0.6 is 0 Å². The van der Waals surface area contributed by atoms with Gasteiger partial charge in [-0.3, -0.25) is 4.79 Å². The van der Waals surface area contributed by atoms with Gasteiger partial charge in [-0.25, -0.2) is 4.79 Å². The molecule has 0 saturated heterocycles. The summed E-state index contributed by atoms with van der Waals surface area (Å²) >= 11 is 0. The highest BCUT2D eigenvalue weighted by Crippen LogP contribution is 2.48. The van der Waals surface area contributed by atoms with Crippen molar-refractivity contribution in [3.63, 3.8) is 0 Å². The smallest absolute Gasteiger partial charge is 0.335 e. The van der Waals surface area contributed by atoms with E-state index in [0.29, 0.717) is 12.0 Å². The second kappa shape index (κ2) is 13.5. The summed E-state index contributed by atoms with van der Waals surface area (Å²) in [5, 5.41) is 8.97. The first-order valence-corrected chi connectivity index (χ1v) is 18.1. The second-order valence-corrected chi connectivity index (χ2v) is 17.5. The molecule has 0 aliphatic heterocycles. The topological polar surface area (TPSA) is 54.4 Å². The summed E-state index contributed by atoms with van der Waals surface area (Å²) in [5.74, 6) is -0.974. The third kappa shape index (κ3) is 7.58. The molecule has 0 spiro atoms. The summed E-state index contributed by atoms with van der Waals surface area (Å²) < 4.78 is 0. The predicted molar refractivity (Wildman–Crippen MR) is 209 cm³/mol. The van der Waals surface area contributed by atoms with E-state index < -0.39 is 5.97 Å². The molecule has 4 aromatic rings. The molecule has 262 valence electrons. The van der Waals surface area contributed by atoms with Gasteiger partial charge in [0.15, 0.2) is 5.78 Å². The van der Waals surface area contributed by atoms with Gasteiger partial charge in [0.25, 0.3) is 0 Å². The van der Waals surface area contributed by atoms with Gasteiger partial charge < -0.3 is 5.11 Å². The molecular weight excluding hydrogens is 613 g/mol. The standard InChI is InChI=1S/C24H30.C23H26O3/c1-16-8-10-19(11-9-16)18(3)20-15-22-21(14-17(20)2)23(4,5)12-13-24(22,6)7;1-22(2)11-12-23(3,4)19-13-15(5-10-18(19)22)14-20(24)16-6-8-17(9-7-16)21(25)26/h8-11,14-15H,3,12-13H2,1-2,4-7H3;5-10,13H,11-12,14H2,1-4H3,(H,25,26). The first-order valence-electron chi connectivity index (χ1n) is 18.1. The normalized spacial score (nSPS) is 17.7. The molecule has 1 N–H and O–H groups in total. The number of carboxylic acids is 1. The van der Waals surface area contributed by atoms with Gasteiger partial charge in [0.1, 0.15) is 0 Å². The maximum Gasteiger partial charge on any atom is 0.335 e. The number of ketones is 1. The largest absolute Gasteiger partial charge is 0.478 e. The fourth-order valence-corrected chi connectivity index (χ4v) is 7.79. The third-order valence-corrected chi connectivity index (χ3v) is 11.7. The van der Waals surface area contributed by atoms with E-state index in [4.69, 9.17) is 5.11 Å². The summed E-state index contributed by atoms with van der Waals surface area (Å²) in [4.78, 5) is 23.5. The van der Waals surface area contributed by atoms with Gasteiger partial charge in [-0.15, -0.1) is 0 Å². The fraction of sp³-hybridized carbons (Fsp3) is 0.404. The van der Waals surface area contributed by atoms with Crippen LogP contribution in [-0.2, 0) is 28.1 Å². The molecule has 0 amide bonds. The Morgan fingerprint density at radius 1 is 0.580 bits per heavy atom. The highest BCUT2D eigenvalue weighted by molar-refractivity contribution is 5.98. The molecule has 4 aromatic carbocycles. The number of carbonyl (C=O) groups is 2. The Hall–Kier alpha value is -4.24. The lowest BCUT2D eigenvalue weighted by atomic mass is 9.62. The van der Waals surface area contributed by atoms with Crippen LogP contribution in [0.2, 0.25) is 0 Å². The number of hydrogen-bond donors (Lipinski definition) is 1. The van der Waals surface area contributed by atoms with E-state index in [0.717, 1.165) is 17.6 Å². The third-order valence-electron chi connectivity index (χ3n) is 11.7. The number of benzene rings is 4. The van der Waals surface area contributed by atoms with Gasteiger partial charge in [0, 0.05) is 12.0 Å². The highest BCUT2D eigenvalue weighted by atomic mass is 16.4. The monoisotopic (exact) mass is 668 g/mol. The maximum absolute atomic E-state index is 12.6. The zero-order valence-corrected chi connectivity index (χ0v) is 32.0. The lowest BCUT2D eigenvalue weighted by Crippen LogP contribution is -2.34. The Bertz CT molecular complexity index is 1930. The van der Waals surface area contributed by atoms with Crippen molar-refractivity contribution in [2.45, 2.75) is 123 Å². The molecule has 2 aliphatic rings. The highest BCUT2D eigenvalue weighted by Gasteiger charge is 2.38. The van der Waals surface area contributed by atoms with Crippen LogP contribution in [0, 0.1) is 13.8 Å². The number of hydrogen-bond acceptors (Lipinski definition) is 2. The molecular formula is C47H56O3. The van der Waals surface area contributed by atoms with E-state index in [1.54, 1.807) is 12.1 Å². The first-order chi connectivity index (χ1) is 23.2. The molecule has 0 fully saturated rings. The van der Waals surface area contributed by atoms with Crippen molar-refractivity contribution in [2.75, 3.05) is 0 Å². The number of carboxylic acid groups (broad SMARTS) is 1. The minimum Gasteiger partial charge on any atom is -0.478 e. The molecule has 0 aromatic heterocycles. The lowest BCUT2D eigenvalue weighted by molar-refractivity contribution is 0.0696. The van der Waals surface area contributed by atoms with E-state index in [9.17, 15) is 9.59 Å². The maximum atomic E-state index is 12.6. The van der Waals surface area contributed by atoms with Crippen LogP contribution in [0.1, 0.15) is 152 Å². The number of Topliss-reactive ketones (excluding diaryl/α,β-unsaturated/α-hetero) is 1. The van der Waals surface area contributed by atoms with Gasteiger partial charge in [-0.05, 0) is 123 Å². The predicted octanol–water partition coefficient (Wildman–Crippen LogP) is 11.9.